The number of phenols is 3. The first-order valence-electron chi connectivity index (χ1n) is 21.0. The summed E-state index contributed by atoms with van der Waals surface area (Å²) < 4.78 is 23.5. The van der Waals surface area contributed by atoms with Gasteiger partial charge in [-0.25, -0.2) is 13.6 Å². The molecule has 0 amide bonds. The number of primary sulfonamides is 1. The zero-order valence-corrected chi connectivity index (χ0v) is 37.8. The molecule has 340 valence electrons. The molecular formula is C43H57N15O5S. The number of azo groups is 3. The first kappa shape index (κ1) is 48.4. The SMILES string of the molecule is CCN(CC)CCCNc1nc(NCCCN(CC)CC)nc(Nc2cccc(N=Nc3cc(C)c(N=Nc4c(O)ccc(N=Nc5cc(S(N)(=O)=O)ccc5O)c4O)cc3C)c2)n1. The fourth-order valence-corrected chi connectivity index (χ4v) is 6.81. The third-order valence-electron chi connectivity index (χ3n) is 10.1. The van der Waals surface area contributed by atoms with Crippen molar-refractivity contribution in [1.29, 1.82) is 0 Å². The summed E-state index contributed by atoms with van der Waals surface area (Å²) in [5.74, 6) is 0.0209. The molecule has 5 rings (SSSR count). The lowest BCUT2D eigenvalue weighted by Gasteiger charge is -2.18. The van der Waals surface area contributed by atoms with Crippen LogP contribution in [0.4, 0.5) is 57.7 Å². The van der Waals surface area contributed by atoms with E-state index in [1.165, 1.54) is 12.1 Å². The number of nitrogens with zero attached hydrogens (tertiary/aromatic N) is 11. The summed E-state index contributed by atoms with van der Waals surface area (Å²) in [7, 11) is -4.08. The molecule has 0 radical (unpaired) electrons. The third kappa shape index (κ3) is 13.9. The minimum atomic E-state index is -4.08. The highest BCUT2D eigenvalue weighted by molar-refractivity contribution is 7.89. The van der Waals surface area contributed by atoms with E-state index in [4.69, 9.17) is 5.14 Å². The van der Waals surface area contributed by atoms with Gasteiger partial charge in [-0.05, 0) is 138 Å². The Morgan fingerprint density at radius 1 is 0.609 bits per heavy atom. The van der Waals surface area contributed by atoms with Gasteiger partial charge in [0.15, 0.2) is 11.4 Å². The number of phenolic OH excluding ortho intramolecular Hbond substituents is 3. The Labute approximate surface area is 373 Å². The van der Waals surface area contributed by atoms with Crippen LogP contribution in [0.3, 0.4) is 0 Å². The van der Waals surface area contributed by atoms with Crippen molar-refractivity contribution in [3.05, 3.63) is 77.9 Å². The Morgan fingerprint density at radius 2 is 1.14 bits per heavy atom. The third-order valence-corrected chi connectivity index (χ3v) is 11.0. The minimum absolute atomic E-state index is 0.138. The van der Waals surface area contributed by atoms with Crippen LogP contribution in [0.2, 0.25) is 0 Å². The molecule has 0 spiro atoms. The van der Waals surface area contributed by atoms with Crippen molar-refractivity contribution in [3.8, 4) is 17.2 Å². The second-order valence-corrected chi connectivity index (χ2v) is 16.2. The van der Waals surface area contributed by atoms with Crippen LogP contribution in [0.5, 0.6) is 17.2 Å². The van der Waals surface area contributed by atoms with E-state index < -0.39 is 15.8 Å². The lowest BCUT2D eigenvalue weighted by molar-refractivity contribution is 0.303. The maximum Gasteiger partial charge on any atom is 0.238 e. The van der Waals surface area contributed by atoms with E-state index in [-0.39, 0.29) is 33.5 Å². The highest BCUT2D eigenvalue weighted by Crippen LogP contribution is 2.45. The van der Waals surface area contributed by atoms with Gasteiger partial charge in [0, 0.05) is 18.8 Å². The molecule has 0 saturated heterocycles. The Hall–Kier alpha value is -6.68. The van der Waals surface area contributed by atoms with Crippen LogP contribution in [0.15, 0.2) is 102 Å². The Morgan fingerprint density at radius 3 is 1.72 bits per heavy atom. The van der Waals surface area contributed by atoms with Crippen molar-refractivity contribution in [2.24, 2.45) is 35.8 Å². The van der Waals surface area contributed by atoms with Gasteiger partial charge in [0.05, 0.1) is 22.0 Å². The van der Waals surface area contributed by atoms with E-state index in [9.17, 15) is 23.7 Å². The molecule has 0 aliphatic carbocycles. The minimum Gasteiger partial charge on any atom is -0.506 e. The van der Waals surface area contributed by atoms with Crippen LogP contribution in [0, 0.1) is 13.8 Å². The van der Waals surface area contributed by atoms with Crippen molar-refractivity contribution >= 4 is 67.7 Å². The molecule has 4 aromatic carbocycles. The van der Waals surface area contributed by atoms with E-state index >= 15 is 0 Å². The fourth-order valence-electron chi connectivity index (χ4n) is 6.27. The van der Waals surface area contributed by atoms with Gasteiger partial charge in [-0.15, -0.1) is 15.3 Å². The van der Waals surface area contributed by atoms with E-state index in [1.807, 2.05) is 31.2 Å². The van der Waals surface area contributed by atoms with Crippen molar-refractivity contribution in [2.45, 2.75) is 59.3 Å². The van der Waals surface area contributed by atoms with Gasteiger partial charge in [0.25, 0.3) is 0 Å². The normalized spacial score (nSPS) is 12.1. The molecule has 20 nitrogen and oxygen atoms in total. The summed E-state index contributed by atoms with van der Waals surface area (Å²) >= 11 is 0. The smallest absolute Gasteiger partial charge is 0.238 e. The molecular weight excluding hydrogens is 839 g/mol. The monoisotopic (exact) mass is 895 g/mol. The van der Waals surface area contributed by atoms with Crippen LogP contribution in [0.25, 0.3) is 0 Å². The molecule has 0 atom stereocenters. The summed E-state index contributed by atoms with van der Waals surface area (Å²) in [4.78, 5) is 18.4. The topological polar surface area (TPSA) is 276 Å². The molecule has 64 heavy (non-hydrogen) atoms. The molecule has 0 fully saturated rings. The molecule has 0 unspecified atom stereocenters. The van der Waals surface area contributed by atoms with Crippen LogP contribution in [-0.2, 0) is 10.0 Å². The van der Waals surface area contributed by atoms with Crippen LogP contribution in [-0.4, -0.2) is 101 Å². The number of sulfonamides is 1. The number of aromatic nitrogens is 3. The van der Waals surface area contributed by atoms with E-state index in [0.717, 1.165) is 75.9 Å². The lowest BCUT2D eigenvalue weighted by atomic mass is 10.1. The first-order valence-corrected chi connectivity index (χ1v) is 22.6. The average Bonchev–Trinajstić information content (AvgIpc) is 3.27. The number of anilines is 4. The first-order chi connectivity index (χ1) is 30.7. The van der Waals surface area contributed by atoms with Gasteiger partial charge < -0.3 is 41.1 Å². The highest BCUT2D eigenvalue weighted by Gasteiger charge is 2.15. The number of hydrogen-bond donors (Lipinski definition) is 7. The summed E-state index contributed by atoms with van der Waals surface area (Å²) in [6.07, 6.45) is 1.89. The Kier molecular flexibility index (Phi) is 17.5. The number of aromatic hydroxyl groups is 3. The molecule has 0 aliphatic rings. The molecule has 8 N–H and O–H groups in total. The van der Waals surface area contributed by atoms with Crippen LogP contribution >= 0.6 is 0 Å². The predicted molar refractivity (Wildman–Crippen MR) is 249 cm³/mol. The van der Waals surface area contributed by atoms with Crippen molar-refractivity contribution < 1.29 is 23.7 Å². The number of aryl methyl sites for hydroxylation is 2. The highest BCUT2D eigenvalue weighted by atomic mass is 32.2. The van der Waals surface area contributed by atoms with E-state index in [2.05, 4.69) is 99.1 Å². The summed E-state index contributed by atoms with van der Waals surface area (Å²) in [5, 5.41) is 71.9. The van der Waals surface area contributed by atoms with Crippen LogP contribution < -0.4 is 21.1 Å². The average molecular weight is 896 g/mol. The second kappa shape index (κ2) is 23.1. The number of nitrogens with two attached hydrogens (primary N) is 1. The zero-order valence-electron chi connectivity index (χ0n) is 37.0. The van der Waals surface area contributed by atoms with Gasteiger partial charge >= 0.3 is 0 Å². The summed E-state index contributed by atoms with van der Waals surface area (Å²) in [5.41, 5.74) is 3.08. The number of hydrogen-bond acceptors (Lipinski definition) is 19. The molecule has 21 heteroatoms. The summed E-state index contributed by atoms with van der Waals surface area (Å²) in [6, 6.07) is 16.7. The van der Waals surface area contributed by atoms with Crippen molar-refractivity contribution in [3.63, 3.8) is 0 Å². The number of rotatable bonds is 23. The maximum atomic E-state index is 11.7. The second-order valence-electron chi connectivity index (χ2n) is 14.6. The van der Waals surface area contributed by atoms with Gasteiger partial charge in [0.2, 0.25) is 27.9 Å². The Balaban J connectivity index is 1.29. The standard InChI is InChI=1S/C43H57N15O5S/c1-7-57(8-2)22-12-20-45-41-48-42(46-21-13-23-58(9-3)10-4)50-43(49-41)47-30-14-11-15-31(26-30)51-53-34-24-29(6)35(25-28(34)5)54-56-39-38(60)19-17-33(40(39)61)52-55-36-27-32(64(44,62)63)16-18-37(36)59/h11,14-19,24-27,59-61H,7-10,12-13,20-23H2,1-6H3,(H2,44,62,63)(H3,45,46,47,48,49,50). The summed E-state index contributed by atoms with van der Waals surface area (Å²) in [6.45, 7) is 19.7. The Bertz CT molecular complexity index is 2530. The molecule has 1 heterocycles. The van der Waals surface area contributed by atoms with Gasteiger partial charge in [-0.2, -0.15) is 30.3 Å². The molecule has 1 aromatic heterocycles. The molecule has 5 aromatic rings. The fraction of sp³-hybridized carbons (Fsp3) is 0.372. The van der Waals surface area contributed by atoms with Gasteiger partial charge in [-0.1, -0.05) is 33.8 Å². The van der Waals surface area contributed by atoms with Crippen molar-refractivity contribution in [1.82, 2.24) is 24.8 Å². The van der Waals surface area contributed by atoms with E-state index in [1.54, 1.807) is 19.1 Å². The zero-order chi connectivity index (χ0) is 46.2. The number of nitrogens with one attached hydrogen (secondary N) is 3. The molecule has 0 bridgehead atoms. The molecule has 0 aliphatic heterocycles. The van der Waals surface area contributed by atoms with Gasteiger partial charge in [0.1, 0.15) is 22.9 Å². The van der Waals surface area contributed by atoms with Crippen molar-refractivity contribution in [2.75, 3.05) is 68.3 Å². The molecule has 0 saturated carbocycles. The number of benzene rings is 4. The quantitative estimate of drug-likeness (QED) is 0.0238. The van der Waals surface area contributed by atoms with Gasteiger partial charge in [-0.3, -0.25) is 0 Å². The van der Waals surface area contributed by atoms with E-state index in [0.29, 0.717) is 59.2 Å². The predicted octanol–water partition coefficient (Wildman–Crippen LogP) is 9.53. The largest absolute Gasteiger partial charge is 0.506 e. The maximum absolute atomic E-state index is 11.7. The lowest BCUT2D eigenvalue weighted by Crippen LogP contribution is -2.26. The van der Waals surface area contributed by atoms with Crippen LogP contribution in [0.1, 0.15) is 51.7 Å².